The van der Waals surface area contributed by atoms with Gasteiger partial charge < -0.3 is 15.5 Å². The number of amides is 1. The predicted octanol–water partition coefficient (Wildman–Crippen LogP) is 2.66. The van der Waals surface area contributed by atoms with E-state index in [1.165, 1.54) is 6.07 Å². The molecule has 3 N–H and O–H groups in total. The largest absolute Gasteiger partial charge is 0.464 e. The van der Waals surface area contributed by atoms with Gasteiger partial charge in [-0.25, -0.2) is 4.39 Å². The molecule has 0 saturated carbocycles. The molecular formula is C15H15FN2O2. The van der Waals surface area contributed by atoms with Crippen LogP contribution in [0.15, 0.2) is 28.7 Å². The quantitative estimate of drug-likeness (QED) is 0.884. The van der Waals surface area contributed by atoms with E-state index < -0.39 is 11.9 Å². The summed E-state index contributed by atoms with van der Waals surface area (Å²) in [4.78, 5) is 11.3. The molecule has 0 radical (unpaired) electrons. The molecule has 104 valence electrons. The van der Waals surface area contributed by atoms with Gasteiger partial charge >= 0.3 is 0 Å². The van der Waals surface area contributed by atoms with Crippen LogP contribution in [-0.4, -0.2) is 5.91 Å². The minimum absolute atomic E-state index is 0.0874. The Bertz CT molecular complexity index is 679. The summed E-state index contributed by atoms with van der Waals surface area (Å²) in [5, 5.41) is 2.67. The van der Waals surface area contributed by atoms with Crippen molar-refractivity contribution in [3.8, 4) is 0 Å². The van der Waals surface area contributed by atoms with Crippen LogP contribution in [0.4, 0.5) is 10.1 Å². The standard InChI is InChI=1S/C15H15FN2O2/c1-8-2-4-13(20-8)15(17)10-6-9-3-5-14(19)18-12(9)7-11(10)16/h2,4,6-7,15H,3,5,17H2,1H3,(H,18,19). The molecule has 0 fully saturated rings. The molecule has 4 nitrogen and oxygen atoms in total. The Labute approximate surface area is 115 Å². The second-order valence-corrected chi connectivity index (χ2v) is 5.01. The zero-order chi connectivity index (χ0) is 14.3. The number of aryl methyl sites for hydroxylation is 2. The molecule has 0 spiro atoms. The average molecular weight is 274 g/mol. The van der Waals surface area contributed by atoms with Gasteiger partial charge in [-0.2, -0.15) is 0 Å². The molecule has 2 aromatic rings. The Morgan fingerprint density at radius 2 is 2.15 bits per heavy atom. The van der Waals surface area contributed by atoms with E-state index in [4.69, 9.17) is 10.2 Å². The third-order valence-electron chi connectivity index (χ3n) is 3.52. The van der Waals surface area contributed by atoms with E-state index in [9.17, 15) is 9.18 Å². The molecule has 1 amide bonds. The van der Waals surface area contributed by atoms with E-state index >= 15 is 0 Å². The SMILES string of the molecule is Cc1ccc(C(N)c2cc3c(cc2F)NC(=O)CC3)o1. The summed E-state index contributed by atoms with van der Waals surface area (Å²) in [6.45, 7) is 1.81. The zero-order valence-corrected chi connectivity index (χ0v) is 11.1. The van der Waals surface area contributed by atoms with E-state index in [0.717, 1.165) is 11.3 Å². The van der Waals surface area contributed by atoms with Gasteiger partial charge in [-0.05, 0) is 43.2 Å². The Balaban J connectivity index is 2.00. The zero-order valence-electron chi connectivity index (χ0n) is 11.1. The van der Waals surface area contributed by atoms with Crippen molar-refractivity contribution < 1.29 is 13.6 Å². The summed E-state index contributed by atoms with van der Waals surface area (Å²) in [5.74, 6) is 0.741. The van der Waals surface area contributed by atoms with Gasteiger partial charge in [0.05, 0.1) is 6.04 Å². The van der Waals surface area contributed by atoms with Crippen LogP contribution >= 0.6 is 0 Å². The highest BCUT2D eigenvalue weighted by atomic mass is 19.1. The fraction of sp³-hybridized carbons (Fsp3) is 0.267. The Morgan fingerprint density at radius 3 is 2.85 bits per heavy atom. The third kappa shape index (κ3) is 2.20. The topological polar surface area (TPSA) is 68.3 Å². The smallest absolute Gasteiger partial charge is 0.224 e. The summed E-state index contributed by atoms with van der Waals surface area (Å²) in [5.41, 5.74) is 7.89. The van der Waals surface area contributed by atoms with Gasteiger partial charge in [0.15, 0.2) is 0 Å². The van der Waals surface area contributed by atoms with Crippen LogP contribution in [0.1, 0.15) is 35.1 Å². The average Bonchev–Trinajstić information content (AvgIpc) is 2.84. The fourth-order valence-corrected chi connectivity index (χ4v) is 2.43. The third-order valence-corrected chi connectivity index (χ3v) is 3.52. The highest BCUT2D eigenvalue weighted by Crippen LogP contribution is 2.30. The fourth-order valence-electron chi connectivity index (χ4n) is 2.43. The first kappa shape index (κ1) is 12.9. The van der Waals surface area contributed by atoms with Crippen LogP contribution in [0, 0.1) is 12.7 Å². The van der Waals surface area contributed by atoms with Crippen molar-refractivity contribution in [1.29, 1.82) is 0 Å². The second kappa shape index (κ2) is 4.76. The van der Waals surface area contributed by atoms with Gasteiger partial charge in [0.1, 0.15) is 17.3 Å². The molecule has 20 heavy (non-hydrogen) atoms. The van der Waals surface area contributed by atoms with Crippen LogP contribution in [-0.2, 0) is 11.2 Å². The maximum atomic E-state index is 14.2. The summed E-state index contributed by atoms with van der Waals surface area (Å²) in [6, 6.07) is 5.95. The summed E-state index contributed by atoms with van der Waals surface area (Å²) in [7, 11) is 0. The molecule has 0 saturated heterocycles. The normalized spacial score (nSPS) is 15.7. The van der Waals surface area contributed by atoms with Crippen LogP contribution in [0.3, 0.4) is 0 Å². The van der Waals surface area contributed by atoms with E-state index in [1.807, 2.05) is 6.92 Å². The van der Waals surface area contributed by atoms with Gasteiger partial charge in [-0.15, -0.1) is 0 Å². The van der Waals surface area contributed by atoms with Gasteiger partial charge in [0.25, 0.3) is 0 Å². The first-order valence-electron chi connectivity index (χ1n) is 6.48. The second-order valence-electron chi connectivity index (χ2n) is 5.01. The lowest BCUT2D eigenvalue weighted by atomic mass is 9.96. The molecule has 1 aliphatic heterocycles. The number of nitrogens with two attached hydrogens (primary N) is 1. The van der Waals surface area contributed by atoms with Gasteiger partial charge in [-0.1, -0.05) is 0 Å². The molecule has 3 rings (SSSR count). The number of carbonyl (C=O) groups is 1. The van der Waals surface area contributed by atoms with Crippen molar-refractivity contribution in [2.75, 3.05) is 5.32 Å². The number of benzene rings is 1. The minimum Gasteiger partial charge on any atom is -0.464 e. The van der Waals surface area contributed by atoms with Crippen molar-refractivity contribution in [2.45, 2.75) is 25.8 Å². The molecule has 0 aliphatic carbocycles. The molecular weight excluding hydrogens is 259 g/mol. The van der Waals surface area contributed by atoms with Crippen molar-refractivity contribution >= 4 is 11.6 Å². The number of rotatable bonds is 2. The molecule has 1 unspecified atom stereocenters. The highest BCUT2D eigenvalue weighted by molar-refractivity contribution is 5.93. The van der Waals surface area contributed by atoms with E-state index in [2.05, 4.69) is 5.32 Å². The van der Waals surface area contributed by atoms with Crippen LogP contribution in [0.2, 0.25) is 0 Å². The van der Waals surface area contributed by atoms with Gasteiger partial charge in [0.2, 0.25) is 5.91 Å². The number of halogens is 1. The number of hydrogen-bond acceptors (Lipinski definition) is 3. The molecule has 1 aromatic heterocycles. The lowest BCUT2D eigenvalue weighted by Gasteiger charge is -2.20. The Hall–Kier alpha value is -2.14. The molecule has 1 aliphatic rings. The van der Waals surface area contributed by atoms with Crippen molar-refractivity contribution in [3.05, 3.63) is 52.7 Å². The molecule has 5 heteroatoms. The first-order valence-corrected chi connectivity index (χ1v) is 6.48. The molecule has 2 heterocycles. The summed E-state index contributed by atoms with van der Waals surface area (Å²) in [6.07, 6.45) is 1.01. The number of fused-ring (bicyclic) bond motifs is 1. The van der Waals surface area contributed by atoms with Crippen molar-refractivity contribution in [3.63, 3.8) is 0 Å². The van der Waals surface area contributed by atoms with Gasteiger partial charge in [0, 0.05) is 17.7 Å². The maximum absolute atomic E-state index is 14.2. The van der Waals surface area contributed by atoms with Crippen molar-refractivity contribution in [2.24, 2.45) is 5.73 Å². The Morgan fingerprint density at radius 1 is 1.35 bits per heavy atom. The van der Waals surface area contributed by atoms with E-state index in [-0.39, 0.29) is 5.91 Å². The van der Waals surface area contributed by atoms with Crippen LogP contribution in [0.25, 0.3) is 0 Å². The monoisotopic (exact) mass is 274 g/mol. The number of nitrogens with one attached hydrogen (secondary N) is 1. The number of hydrogen-bond donors (Lipinski definition) is 2. The van der Waals surface area contributed by atoms with Gasteiger partial charge in [-0.3, -0.25) is 4.79 Å². The van der Waals surface area contributed by atoms with Crippen LogP contribution < -0.4 is 11.1 Å². The van der Waals surface area contributed by atoms with Crippen LogP contribution in [0.5, 0.6) is 0 Å². The maximum Gasteiger partial charge on any atom is 0.224 e. The number of furan rings is 1. The lowest BCUT2D eigenvalue weighted by molar-refractivity contribution is -0.116. The first-order chi connectivity index (χ1) is 9.54. The Kier molecular flexibility index (Phi) is 3.06. The number of carbonyl (C=O) groups excluding carboxylic acids is 1. The summed E-state index contributed by atoms with van der Waals surface area (Å²) >= 11 is 0. The minimum atomic E-state index is -0.647. The highest BCUT2D eigenvalue weighted by Gasteiger charge is 2.22. The number of anilines is 1. The van der Waals surface area contributed by atoms with E-state index in [0.29, 0.717) is 29.9 Å². The van der Waals surface area contributed by atoms with Crippen molar-refractivity contribution in [1.82, 2.24) is 0 Å². The lowest BCUT2D eigenvalue weighted by Crippen LogP contribution is -2.21. The summed E-state index contributed by atoms with van der Waals surface area (Å²) < 4.78 is 19.6. The molecule has 1 atom stereocenters. The molecule has 1 aromatic carbocycles. The predicted molar refractivity (Wildman–Crippen MR) is 72.8 cm³/mol. The molecule has 0 bridgehead atoms. The van der Waals surface area contributed by atoms with E-state index in [1.54, 1.807) is 18.2 Å².